The van der Waals surface area contributed by atoms with Crippen molar-refractivity contribution in [1.29, 1.82) is 0 Å². The molecule has 3 heterocycles. The molecule has 0 radical (unpaired) electrons. The topological polar surface area (TPSA) is 90.8 Å². The van der Waals surface area contributed by atoms with Crippen molar-refractivity contribution < 1.29 is 4.39 Å². The van der Waals surface area contributed by atoms with Crippen LogP contribution >= 0.6 is 0 Å². The Hall–Kier alpha value is -3.35. The van der Waals surface area contributed by atoms with Gasteiger partial charge in [-0.25, -0.2) is 9.37 Å². The Balaban J connectivity index is 1.61. The summed E-state index contributed by atoms with van der Waals surface area (Å²) in [6.07, 6.45) is 2.36. The molecule has 1 saturated heterocycles. The third-order valence-corrected chi connectivity index (χ3v) is 5.88. The van der Waals surface area contributed by atoms with E-state index in [4.69, 9.17) is 5.73 Å². The van der Waals surface area contributed by atoms with Crippen molar-refractivity contribution in [1.82, 2.24) is 15.0 Å². The van der Waals surface area contributed by atoms with Crippen molar-refractivity contribution in [2.75, 3.05) is 23.7 Å². The van der Waals surface area contributed by atoms with E-state index in [-0.39, 0.29) is 16.6 Å². The van der Waals surface area contributed by atoms with Gasteiger partial charge in [0.2, 0.25) is 0 Å². The molecule has 7 heteroatoms. The van der Waals surface area contributed by atoms with E-state index in [0.717, 1.165) is 35.7 Å². The molecule has 29 heavy (non-hydrogen) atoms. The standard InChI is InChI=1S/C22H22FN5O/c1-12-7-9-28(10-8-12)13-5-6-15-17(11-13)26-21(25-15)19-20(24)18-14(23)3-2-4-16(18)27-22(19)29/h2-6,11-12H,7-10H2,1H3,(H,25,26)(H3,24,27,29). The molecule has 4 aromatic rings. The molecule has 148 valence electrons. The van der Waals surface area contributed by atoms with Gasteiger partial charge in [-0.2, -0.15) is 0 Å². The highest BCUT2D eigenvalue weighted by Crippen LogP contribution is 2.31. The number of halogens is 1. The van der Waals surface area contributed by atoms with Gasteiger partial charge in [0.15, 0.2) is 0 Å². The zero-order valence-electron chi connectivity index (χ0n) is 16.1. The molecule has 2 aromatic heterocycles. The van der Waals surface area contributed by atoms with Crippen LogP contribution < -0.4 is 16.2 Å². The SMILES string of the molecule is CC1CCN(c2ccc3nc(-c4c(N)c5c(F)cccc5[nH]c4=O)[nH]c3c2)CC1. The number of nitrogens with two attached hydrogens (primary N) is 1. The van der Waals surface area contributed by atoms with Gasteiger partial charge in [-0.15, -0.1) is 0 Å². The van der Waals surface area contributed by atoms with E-state index in [9.17, 15) is 9.18 Å². The van der Waals surface area contributed by atoms with Gasteiger partial charge in [-0.1, -0.05) is 13.0 Å². The summed E-state index contributed by atoms with van der Waals surface area (Å²) in [6, 6.07) is 10.5. The molecular weight excluding hydrogens is 369 g/mol. The molecule has 2 aromatic carbocycles. The van der Waals surface area contributed by atoms with Crippen LogP contribution in [0.3, 0.4) is 0 Å². The minimum atomic E-state index is -0.477. The molecular formula is C22H22FN5O. The van der Waals surface area contributed by atoms with E-state index in [0.29, 0.717) is 11.3 Å². The second-order valence-electron chi connectivity index (χ2n) is 7.86. The number of pyridine rings is 1. The Morgan fingerprint density at radius 1 is 1.14 bits per heavy atom. The summed E-state index contributed by atoms with van der Waals surface area (Å²) in [6.45, 7) is 4.35. The number of aromatic amines is 2. The second kappa shape index (κ2) is 6.62. The average Bonchev–Trinajstić information content (AvgIpc) is 3.11. The molecule has 0 atom stereocenters. The first-order valence-corrected chi connectivity index (χ1v) is 9.86. The van der Waals surface area contributed by atoms with Crippen LogP contribution in [0.15, 0.2) is 41.2 Å². The van der Waals surface area contributed by atoms with E-state index < -0.39 is 11.4 Å². The summed E-state index contributed by atoms with van der Waals surface area (Å²) in [5.74, 6) is 0.625. The van der Waals surface area contributed by atoms with Gasteiger partial charge in [0.1, 0.15) is 17.2 Å². The number of aromatic nitrogens is 3. The van der Waals surface area contributed by atoms with Gasteiger partial charge in [-0.05, 0) is 49.1 Å². The molecule has 0 amide bonds. The molecule has 0 unspecified atom stereocenters. The molecule has 0 spiro atoms. The van der Waals surface area contributed by atoms with Crippen molar-refractivity contribution in [2.45, 2.75) is 19.8 Å². The number of fused-ring (bicyclic) bond motifs is 2. The van der Waals surface area contributed by atoms with Crippen molar-refractivity contribution in [2.24, 2.45) is 5.92 Å². The first-order chi connectivity index (χ1) is 14.0. The quantitative estimate of drug-likeness (QED) is 0.481. The first kappa shape index (κ1) is 17.7. The number of H-pyrrole nitrogens is 2. The van der Waals surface area contributed by atoms with E-state index in [1.54, 1.807) is 6.07 Å². The normalized spacial score (nSPS) is 15.4. The Morgan fingerprint density at radius 3 is 2.72 bits per heavy atom. The Kier molecular flexibility index (Phi) is 4.04. The van der Waals surface area contributed by atoms with Crippen molar-refractivity contribution >= 4 is 33.3 Å². The van der Waals surface area contributed by atoms with E-state index in [1.165, 1.54) is 25.0 Å². The third kappa shape index (κ3) is 2.93. The lowest BCUT2D eigenvalue weighted by atomic mass is 9.99. The third-order valence-electron chi connectivity index (χ3n) is 5.88. The van der Waals surface area contributed by atoms with Crippen molar-refractivity contribution in [3.05, 3.63) is 52.6 Å². The number of hydrogen-bond acceptors (Lipinski definition) is 4. The molecule has 1 aliphatic heterocycles. The number of hydrogen-bond donors (Lipinski definition) is 3. The predicted octanol–water partition coefficient (Wildman–Crippen LogP) is 4.03. The summed E-state index contributed by atoms with van der Waals surface area (Å²) in [4.78, 5) is 25.5. The van der Waals surface area contributed by atoms with Crippen LogP contribution in [-0.4, -0.2) is 28.0 Å². The molecule has 4 N–H and O–H groups in total. The largest absolute Gasteiger partial charge is 0.397 e. The molecule has 1 fully saturated rings. The Labute approximate surface area is 166 Å². The smallest absolute Gasteiger partial charge is 0.261 e. The summed E-state index contributed by atoms with van der Waals surface area (Å²) >= 11 is 0. The highest BCUT2D eigenvalue weighted by Gasteiger charge is 2.19. The van der Waals surface area contributed by atoms with Crippen molar-refractivity contribution in [3.63, 3.8) is 0 Å². The van der Waals surface area contributed by atoms with Crippen LogP contribution in [0.5, 0.6) is 0 Å². The maximum atomic E-state index is 14.3. The Morgan fingerprint density at radius 2 is 1.93 bits per heavy atom. The highest BCUT2D eigenvalue weighted by molar-refractivity contribution is 5.98. The lowest BCUT2D eigenvalue weighted by Gasteiger charge is -2.32. The molecule has 0 saturated carbocycles. The van der Waals surface area contributed by atoms with Gasteiger partial charge in [-0.3, -0.25) is 4.79 Å². The Bertz CT molecular complexity index is 1280. The summed E-state index contributed by atoms with van der Waals surface area (Å²) in [5.41, 5.74) is 9.12. The fourth-order valence-corrected chi connectivity index (χ4v) is 4.15. The zero-order valence-corrected chi connectivity index (χ0v) is 16.1. The number of nitrogens with zero attached hydrogens (tertiary/aromatic N) is 2. The summed E-state index contributed by atoms with van der Waals surface area (Å²) < 4.78 is 14.3. The van der Waals surface area contributed by atoms with E-state index >= 15 is 0 Å². The average molecular weight is 391 g/mol. The van der Waals surface area contributed by atoms with Gasteiger partial charge in [0.25, 0.3) is 5.56 Å². The van der Waals surface area contributed by atoms with Gasteiger partial charge < -0.3 is 20.6 Å². The van der Waals surface area contributed by atoms with Crippen LogP contribution in [0, 0.1) is 11.7 Å². The maximum Gasteiger partial charge on any atom is 0.261 e. The number of benzene rings is 2. The zero-order chi connectivity index (χ0) is 20.1. The fraction of sp³-hybridized carbons (Fsp3) is 0.273. The molecule has 0 aliphatic carbocycles. The maximum absolute atomic E-state index is 14.3. The minimum Gasteiger partial charge on any atom is -0.397 e. The molecule has 6 nitrogen and oxygen atoms in total. The summed E-state index contributed by atoms with van der Waals surface area (Å²) in [7, 11) is 0. The predicted molar refractivity (Wildman–Crippen MR) is 115 cm³/mol. The van der Waals surface area contributed by atoms with Gasteiger partial charge in [0.05, 0.1) is 27.6 Å². The van der Waals surface area contributed by atoms with E-state index in [1.807, 2.05) is 12.1 Å². The number of anilines is 2. The van der Waals surface area contributed by atoms with Crippen molar-refractivity contribution in [3.8, 4) is 11.4 Å². The number of rotatable bonds is 2. The second-order valence-corrected chi connectivity index (χ2v) is 7.86. The molecule has 5 rings (SSSR count). The minimum absolute atomic E-state index is 0.0890. The summed E-state index contributed by atoms with van der Waals surface area (Å²) in [5, 5.41) is 0.200. The van der Waals surface area contributed by atoms with Crippen LogP contribution in [0.25, 0.3) is 33.3 Å². The highest BCUT2D eigenvalue weighted by atomic mass is 19.1. The van der Waals surface area contributed by atoms with Crippen LogP contribution in [0.2, 0.25) is 0 Å². The number of nitrogens with one attached hydrogen (secondary N) is 2. The van der Waals surface area contributed by atoms with E-state index in [2.05, 4.69) is 32.8 Å². The monoisotopic (exact) mass is 391 g/mol. The van der Waals surface area contributed by atoms with Crippen LogP contribution in [0.4, 0.5) is 15.8 Å². The van der Waals surface area contributed by atoms with Gasteiger partial charge in [0, 0.05) is 18.8 Å². The lowest BCUT2D eigenvalue weighted by Crippen LogP contribution is -2.32. The number of imidazole rings is 1. The molecule has 0 bridgehead atoms. The van der Waals surface area contributed by atoms with Crippen LogP contribution in [0.1, 0.15) is 19.8 Å². The number of piperidine rings is 1. The fourth-order valence-electron chi connectivity index (χ4n) is 4.15. The first-order valence-electron chi connectivity index (χ1n) is 9.86. The lowest BCUT2D eigenvalue weighted by molar-refractivity contribution is 0.438. The van der Waals surface area contributed by atoms with Crippen LogP contribution in [-0.2, 0) is 0 Å². The number of nitrogen functional groups attached to an aromatic ring is 1. The van der Waals surface area contributed by atoms with Gasteiger partial charge >= 0.3 is 0 Å². The molecule has 1 aliphatic rings.